The second kappa shape index (κ2) is 7.89. The van der Waals surface area contributed by atoms with Crippen molar-refractivity contribution in [2.75, 3.05) is 7.11 Å². The molecule has 5 rings (SSSR count). The van der Waals surface area contributed by atoms with Crippen LogP contribution in [0.15, 0.2) is 48.5 Å². The number of non-ortho nitro benzene ring substituents is 2. The van der Waals surface area contributed by atoms with E-state index in [4.69, 9.17) is 4.74 Å². The van der Waals surface area contributed by atoms with Crippen LogP contribution in [0, 0.1) is 38.0 Å². The van der Waals surface area contributed by atoms with E-state index in [0.29, 0.717) is 6.42 Å². The van der Waals surface area contributed by atoms with E-state index >= 15 is 0 Å². The summed E-state index contributed by atoms with van der Waals surface area (Å²) in [6.45, 7) is 0. The summed E-state index contributed by atoms with van der Waals surface area (Å²) in [5, 5.41) is 22.9. The molecule has 1 saturated heterocycles. The van der Waals surface area contributed by atoms with Crippen LogP contribution in [-0.2, 0) is 9.53 Å². The lowest BCUT2D eigenvalue weighted by atomic mass is 9.81. The van der Waals surface area contributed by atoms with Gasteiger partial charge in [0.15, 0.2) is 0 Å². The highest BCUT2D eigenvalue weighted by Gasteiger charge is 2.71. The van der Waals surface area contributed by atoms with Crippen molar-refractivity contribution in [2.24, 2.45) is 17.8 Å². The van der Waals surface area contributed by atoms with E-state index in [1.54, 1.807) is 0 Å². The number of methoxy groups -OCH3 is 1. The van der Waals surface area contributed by atoms with Gasteiger partial charge in [-0.3, -0.25) is 25.0 Å². The van der Waals surface area contributed by atoms with Crippen molar-refractivity contribution in [1.82, 2.24) is 4.90 Å². The highest BCUT2D eigenvalue weighted by molar-refractivity contribution is 6.00. The van der Waals surface area contributed by atoms with Gasteiger partial charge in [-0.1, -0.05) is 30.3 Å². The zero-order chi connectivity index (χ0) is 24.2. The predicted octanol–water partition coefficient (Wildman–Crippen LogP) is 4.05. The molecule has 2 aromatic rings. The average molecular weight is 465 g/mol. The molecule has 3 aliphatic rings. The molecule has 0 bridgehead atoms. The lowest BCUT2D eigenvalue weighted by Gasteiger charge is -2.39. The van der Waals surface area contributed by atoms with E-state index in [-0.39, 0.29) is 23.3 Å². The summed E-state index contributed by atoms with van der Waals surface area (Å²) < 4.78 is 5.24. The number of nitrogens with zero attached hydrogens (tertiary/aromatic N) is 3. The molecule has 0 unspecified atom stereocenters. The largest absolute Gasteiger partial charge is 0.467 e. The standard InChI is InChI=1S/C24H23N3O7/c1-34-23(29)24-10-9-14-7-8-19(20(14)24)21(15-5-3-2-4-6-15)25(24)22(28)16-11-17(26(30)31)13-18(12-16)27(32)33/h2-6,11-14,19-21H,7-10H2,1H3/t14-,19-,20+,21+,24+/m1/s1. The van der Waals surface area contributed by atoms with Gasteiger partial charge in [0.05, 0.1) is 34.6 Å². The zero-order valence-corrected chi connectivity index (χ0v) is 18.5. The van der Waals surface area contributed by atoms with E-state index < -0.39 is 44.7 Å². The molecule has 10 nitrogen and oxygen atoms in total. The lowest BCUT2D eigenvalue weighted by molar-refractivity contribution is -0.394. The maximum absolute atomic E-state index is 14.1. The van der Waals surface area contributed by atoms with Gasteiger partial charge in [-0.05, 0) is 43.1 Å². The van der Waals surface area contributed by atoms with E-state index in [2.05, 4.69) is 0 Å². The van der Waals surface area contributed by atoms with Crippen LogP contribution in [0.3, 0.4) is 0 Å². The summed E-state index contributed by atoms with van der Waals surface area (Å²) in [7, 11) is 1.30. The quantitative estimate of drug-likeness (QED) is 0.369. The normalized spacial score (nSPS) is 29.0. The van der Waals surface area contributed by atoms with Crippen molar-refractivity contribution in [2.45, 2.75) is 37.3 Å². The first kappa shape index (κ1) is 22.0. The molecular weight excluding hydrogens is 442 g/mol. The first-order valence-corrected chi connectivity index (χ1v) is 11.2. The van der Waals surface area contributed by atoms with Crippen molar-refractivity contribution in [3.8, 4) is 0 Å². The first-order chi connectivity index (χ1) is 16.3. The number of hydrogen-bond acceptors (Lipinski definition) is 7. The van der Waals surface area contributed by atoms with Crippen LogP contribution in [0.1, 0.15) is 47.6 Å². The van der Waals surface area contributed by atoms with Crippen molar-refractivity contribution < 1.29 is 24.2 Å². The van der Waals surface area contributed by atoms with Gasteiger partial charge < -0.3 is 9.64 Å². The van der Waals surface area contributed by atoms with Gasteiger partial charge in [0.1, 0.15) is 5.54 Å². The molecule has 1 aliphatic heterocycles. The molecule has 5 atom stereocenters. The highest BCUT2D eigenvalue weighted by atomic mass is 16.6. The summed E-state index contributed by atoms with van der Waals surface area (Å²) in [5.74, 6) is -0.943. The van der Waals surface area contributed by atoms with Gasteiger partial charge in [0.25, 0.3) is 17.3 Å². The SMILES string of the molecule is COC(=O)[C@]12CC[C@H]3CC[C@H]([C@H]31)[C@H](c1ccccc1)N2C(=O)c1cc([N+](=O)[O-])cc([N+](=O)[O-])c1. The number of carbonyl (C=O) groups is 2. The van der Waals surface area contributed by atoms with Gasteiger partial charge >= 0.3 is 5.97 Å². The minimum Gasteiger partial charge on any atom is -0.467 e. The monoisotopic (exact) mass is 465 g/mol. The molecule has 10 heteroatoms. The molecule has 34 heavy (non-hydrogen) atoms. The number of amides is 1. The number of hydrogen-bond donors (Lipinski definition) is 0. The van der Waals surface area contributed by atoms with Crippen molar-refractivity contribution >= 4 is 23.3 Å². The Kier molecular flexibility index (Phi) is 5.11. The summed E-state index contributed by atoms with van der Waals surface area (Å²) in [6, 6.07) is 11.9. The smallest absolute Gasteiger partial charge is 0.332 e. The number of esters is 1. The molecule has 0 spiro atoms. The van der Waals surface area contributed by atoms with Crippen LogP contribution in [0.4, 0.5) is 11.4 Å². The Morgan fingerprint density at radius 1 is 1.00 bits per heavy atom. The maximum Gasteiger partial charge on any atom is 0.332 e. The predicted molar refractivity (Wildman–Crippen MR) is 119 cm³/mol. The molecule has 2 aliphatic carbocycles. The van der Waals surface area contributed by atoms with E-state index in [9.17, 15) is 29.8 Å². The zero-order valence-electron chi connectivity index (χ0n) is 18.5. The molecule has 0 radical (unpaired) electrons. The molecule has 1 heterocycles. The number of likely N-dealkylation sites (tertiary alicyclic amines) is 1. The Morgan fingerprint density at radius 2 is 1.65 bits per heavy atom. The number of nitro groups is 2. The van der Waals surface area contributed by atoms with Crippen LogP contribution >= 0.6 is 0 Å². The summed E-state index contributed by atoms with van der Waals surface area (Å²) >= 11 is 0. The van der Waals surface area contributed by atoms with Crippen molar-refractivity contribution in [3.05, 3.63) is 79.9 Å². The minimum absolute atomic E-state index is 0.0200. The third-order valence-corrected chi connectivity index (χ3v) is 7.87. The van der Waals surface area contributed by atoms with Crippen LogP contribution < -0.4 is 0 Å². The van der Waals surface area contributed by atoms with Gasteiger partial charge in [0, 0.05) is 18.1 Å². The molecule has 2 aromatic carbocycles. The Hall–Kier alpha value is -3.82. The third-order valence-electron chi connectivity index (χ3n) is 7.87. The van der Waals surface area contributed by atoms with Crippen molar-refractivity contribution in [1.29, 1.82) is 0 Å². The van der Waals surface area contributed by atoms with Crippen LogP contribution in [-0.4, -0.2) is 39.3 Å². The summed E-state index contributed by atoms with van der Waals surface area (Å²) in [5.41, 5.74) is -1.64. The first-order valence-electron chi connectivity index (χ1n) is 11.2. The molecular formula is C24H23N3O7. The maximum atomic E-state index is 14.1. The molecule has 176 valence electrons. The number of benzene rings is 2. The highest BCUT2D eigenvalue weighted by Crippen LogP contribution is 2.66. The molecule has 0 aromatic heterocycles. The topological polar surface area (TPSA) is 133 Å². The van der Waals surface area contributed by atoms with Gasteiger partial charge in [-0.25, -0.2) is 4.79 Å². The van der Waals surface area contributed by atoms with Gasteiger partial charge in [-0.15, -0.1) is 0 Å². The Balaban J connectivity index is 1.71. The van der Waals surface area contributed by atoms with E-state index in [0.717, 1.165) is 43.0 Å². The Labute approximate surface area is 194 Å². The number of nitro benzene ring substituents is 2. The second-order valence-electron chi connectivity index (χ2n) is 9.26. The fourth-order valence-electron chi connectivity index (χ4n) is 6.77. The summed E-state index contributed by atoms with van der Waals surface area (Å²) in [4.78, 5) is 50.4. The van der Waals surface area contributed by atoms with E-state index in [1.807, 2.05) is 30.3 Å². The Morgan fingerprint density at radius 3 is 2.24 bits per heavy atom. The average Bonchev–Trinajstić information content (AvgIpc) is 3.51. The third kappa shape index (κ3) is 3.01. The minimum atomic E-state index is -1.21. The number of rotatable bonds is 5. The van der Waals surface area contributed by atoms with Crippen LogP contribution in [0.5, 0.6) is 0 Å². The lowest BCUT2D eigenvalue weighted by Crippen LogP contribution is -2.55. The van der Waals surface area contributed by atoms with Gasteiger partial charge in [-0.2, -0.15) is 0 Å². The van der Waals surface area contributed by atoms with Crippen LogP contribution in [0.2, 0.25) is 0 Å². The molecule has 1 amide bonds. The second-order valence-corrected chi connectivity index (χ2v) is 9.26. The van der Waals surface area contributed by atoms with E-state index in [1.165, 1.54) is 12.0 Å². The van der Waals surface area contributed by atoms with Crippen LogP contribution in [0.25, 0.3) is 0 Å². The number of ether oxygens (including phenoxy) is 1. The summed E-state index contributed by atoms with van der Waals surface area (Å²) in [6.07, 6.45) is 3.00. The fourth-order valence-corrected chi connectivity index (χ4v) is 6.77. The molecule has 0 N–H and O–H groups in total. The Bertz CT molecular complexity index is 1170. The number of carbonyl (C=O) groups excluding carboxylic acids is 2. The van der Waals surface area contributed by atoms with Crippen molar-refractivity contribution in [3.63, 3.8) is 0 Å². The fraction of sp³-hybridized carbons (Fsp3) is 0.417. The molecule has 3 fully saturated rings. The van der Waals surface area contributed by atoms with Gasteiger partial charge in [0.2, 0.25) is 0 Å². The molecule has 2 saturated carbocycles.